The number of hydrogen-bond donors (Lipinski definition) is 1. The molecule has 2 aromatic heterocycles. The summed E-state index contributed by atoms with van der Waals surface area (Å²) < 4.78 is 1.62. The maximum Gasteiger partial charge on any atom is 0.293 e. The van der Waals surface area contributed by atoms with Gasteiger partial charge in [0.05, 0.1) is 17.3 Å². The normalized spacial score (nSPS) is 15.5. The molecule has 6 nitrogen and oxygen atoms in total. The molecule has 1 aliphatic carbocycles. The molecule has 7 heteroatoms. The highest BCUT2D eigenvalue weighted by molar-refractivity contribution is 7.11. The molecule has 122 valence electrons. The van der Waals surface area contributed by atoms with Crippen LogP contribution in [0.4, 0.5) is 0 Å². The minimum Gasteiger partial charge on any atom is -0.340 e. The Labute approximate surface area is 138 Å². The van der Waals surface area contributed by atoms with Crippen LogP contribution in [0.2, 0.25) is 0 Å². The molecule has 2 aromatic rings. The largest absolute Gasteiger partial charge is 0.340 e. The van der Waals surface area contributed by atoms with E-state index in [2.05, 4.69) is 15.4 Å². The van der Waals surface area contributed by atoms with Gasteiger partial charge in [0, 0.05) is 23.8 Å². The summed E-state index contributed by atoms with van der Waals surface area (Å²) in [5.41, 5.74) is 1.68. The van der Waals surface area contributed by atoms with E-state index in [1.165, 1.54) is 0 Å². The number of carbonyl (C=O) groups excluding carboxylic acids is 2. The zero-order chi connectivity index (χ0) is 16.7. The van der Waals surface area contributed by atoms with E-state index >= 15 is 0 Å². The molecular formula is C16H20N4O2S. The van der Waals surface area contributed by atoms with Crippen molar-refractivity contribution in [2.75, 3.05) is 0 Å². The van der Waals surface area contributed by atoms with Gasteiger partial charge in [0.2, 0.25) is 0 Å². The van der Waals surface area contributed by atoms with E-state index in [0.717, 1.165) is 22.7 Å². The number of thiazole rings is 1. The summed E-state index contributed by atoms with van der Waals surface area (Å²) in [5.74, 6) is -0.714. The summed E-state index contributed by atoms with van der Waals surface area (Å²) in [6, 6.07) is -0.164. The van der Waals surface area contributed by atoms with Gasteiger partial charge < -0.3 is 5.32 Å². The lowest BCUT2D eigenvalue weighted by atomic mass is 10.1. The standard InChI is InChI=1S/C16H20N4O2S/c1-8-7-17-16(23-8)13(11-5-6-11)18-15(22)14(21)12-9(2)19-20(4)10(12)3/h7,11,13H,5-6H2,1-4H3,(H,18,22)/t13-/m1/s1. The van der Waals surface area contributed by atoms with Gasteiger partial charge >= 0.3 is 0 Å². The highest BCUT2D eigenvalue weighted by atomic mass is 32.1. The Bertz CT molecular complexity index is 773. The van der Waals surface area contributed by atoms with Gasteiger partial charge in [-0.25, -0.2) is 4.98 Å². The number of carbonyl (C=O) groups is 2. The van der Waals surface area contributed by atoms with Crippen molar-refractivity contribution in [3.63, 3.8) is 0 Å². The highest BCUT2D eigenvalue weighted by Gasteiger charge is 2.37. The van der Waals surface area contributed by atoms with Crippen molar-refractivity contribution in [3.05, 3.63) is 33.0 Å². The zero-order valence-electron chi connectivity index (χ0n) is 13.7. The first-order chi connectivity index (χ1) is 10.9. The zero-order valence-corrected chi connectivity index (χ0v) is 14.5. The van der Waals surface area contributed by atoms with Crippen molar-refractivity contribution in [2.45, 2.75) is 39.7 Å². The SMILES string of the molecule is Cc1cnc([C@H](NC(=O)C(=O)c2c(C)nn(C)c2C)C2CC2)s1. The molecule has 1 atom stereocenters. The summed E-state index contributed by atoms with van der Waals surface area (Å²) in [7, 11) is 1.77. The van der Waals surface area contributed by atoms with Gasteiger partial charge in [-0.05, 0) is 39.5 Å². The van der Waals surface area contributed by atoms with Crippen molar-refractivity contribution in [3.8, 4) is 0 Å². The van der Waals surface area contributed by atoms with Crippen LogP contribution < -0.4 is 5.32 Å². The fraction of sp³-hybridized carbons (Fsp3) is 0.500. The molecule has 0 spiro atoms. The Morgan fingerprint density at radius 3 is 2.52 bits per heavy atom. The van der Waals surface area contributed by atoms with Gasteiger partial charge in [-0.2, -0.15) is 5.10 Å². The molecule has 1 N–H and O–H groups in total. The van der Waals surface area contributed by atoms with Crippen LogP contribution in [0.5, 0.6) is 0 Å². The van der Waals surface area contributed by atoms with Crippen LogP contribution in [0.3, 0.4) is 0 Å². The van der Waals surface area contributed by atoms with E-state index in [9.17, 15) is 9.59 Å². The maximum atomic E-state index is 12.5. The first-order valence-electron chi connectivity index (χ1n) is 7.66. The molecule has 2 heterocycles. The van der Waals surface area contributed by atoms with Gasteiger partial charge in [0.25, 0.3) is 11.7 Å². The molecule has 0 bridgehead atoms. The lowest BCUT2D eigenvalue weighted by molar-refractivity contribution is -0.117. The molecule has 0 saturated heterocycles. The number of ketones is 1. The summed E-state index contributed by atoms with van der Waals surface area (Å²) in [6.45, 7) is 5.53. The van der Waals surface area contributed by atoms with Crippen molar-refractivity contribution in [1.29, 1.82) is 0 Å². The van der Waals surface area contributed by atoms with Gasteiger partial charge in [-0.1, -0.05) is 0 Å². The van der Waals surface area contributed by atoms with Crippen molar-refractivity contribution >= 4 is 23.0 Å². The van der Waals surface area contributed by atoms with E-state index in [1.807, 2.05) is 6.92 Å². The topological polar surface area (TPSA) is 76.9 Å². The third kappa shape index (κ3) is 3.06. The van der Waals surface area contributed by atoms with Crippen molar-refractivity contribution < 1.29 is 9.59 Å². The second-order valence-electron chi connectivity index (χ2n) is 6.10. The van der Waals surface area contributed by atoms with Gasteiger partial charge in [-0.15, -0.1) is 11.3 Å². The van der Waals surface area contributed by atoms with E-state index in [1.54, 1.807) is 43.1 Å². The Morgan fingerprint density at radius 2 is 2.04 bits per heavy atom. The lowest BCUT2D eigenvalue weighted by Gasteiger charge is -2.15. The van der Waals surface area contributed by atoms with Gasteiger partial charge in [0.1, 0.15) is 5.01 Å². The van der Waals surface area contributed by atoms with Crippen molar-refractivity contribution in [2.24, 2.45) is 13.0 Å². The Hall–Kier alpha value is -2.02. The van der Waals surface area contributed by atoms with E-state index < -0.39 is 11.7 Å². The number of aromatic nitrogens is 3. The number of nitrogens with zero attached hydrogens (tertiary/aromatic N) is 3. The fourth-order valence-corrected chi connectivity index (χ4v) is 3.67. The summed E-state index contributed by atoms with van der Waals surface area (Å²) >= 11 is 1.57. The quantitative estimate of drug-likeness (QED) is 0.673. The molecule has 0 radical (unpaired) electrons. The number of amides is 1. The molecular weight excluding hydrogens is 312 g/mol. The second-order valence-corrected chi connectivity index (χ2v) is 7.36. The summed E-state index contributed by atoms with van der Waals surface area (Å²) in [5, 5.41) is 7.98. The molecule has 3 rings (SSSR count). The maximum absolute atomic E-state index is 12.5. The fourth-order valence-electron chi connectivity index (χ4n) is 2.75. The molecule has 0 aromatic carbocycles. The van der Waals surface area contributed by atoms with E-state index in [4.69, 9.17) is 0 Å². The Balaban J connectivity index is 1.80. The average molecular weight is 332 g/mol. The molecule has 1 amide bonds. The monoisotopic (exact) mass is 332 g/mol. The lowest BCUT2D eigenvalue weighted by Crippen LogP contribution is -2.35. The molecule has 1 fully saturated rings. The second kappa shape index (κ2) is 5.88. The molecule has 23 heavy (non-hydrogen) atoms. The van der Waals surface area contributed by atoms with Crippen LogP contribution in [0.15, 0.2) is 6.20 Å². The minimum absolute atomic E-state index is 0.164. The molecule has 0 aliphatic heterocycles. The van der Waals surface area contributed by atoms with E-state index in [-0.39, 0.29) is 6.04 Å². The first-order valence-corrected chi connectivity index (χ1v) is 8.48. The molecule has 1 aliphatic rings. The number of aryl methyl sites for hydroxylation is 3. The van der Waals surface area contributed by atoms with Crippen LogP contribution in [-0.2, 0) is 11.8 Å². The van der Waals surface area contributed by atoms with Crippen LogP contribution in [-0.4, -0.2) is 26.5 Å². The minimum atomic E-state index is -0.575. The van der Waals surface area contributed by atoms with Crippen LogP contribution in [0.1, 0.15) is 50.5 Å². The number of Topliss-reactive ketones (excluding diaryl/α,β-unsaturated/α-hetero) is 1. The summed E-state index contributed by atoms with van der Waals surface area (Å²) in [4.78, 5) is 30.5. The van der Waals surface area contributed by atoms with Crippen LogP contribution in [0.25, 0.3) is 0 Å². The number of hydrogen-bond acceptors (Lipinski definition) is 5. The van der Waals surface area contributed by atoms with E-state index in [0.29, 0.717) is 22.9 Å². The molecule has 1 saturated carbocycles. The van der Waals surface area contributed by atoms with Gasteiger partial charge in [-0.3, -0.25) is 14.3 Å². The predicted molar refractivity (Wildman–Crippen MR) is 87.5 cm³/mol. The smallest absolute Gasteiger partial charge is 0.293 e. The van der Waals surface area contributed by atoms with Gasteiger partial charge in [0.15, 0.2) is 0 Å². The Morgan fingerprint density at radius 1 is 1.35 bits per heavy atom. The van der Waals surface area contributed by atoms with Crippen molar-refractivity contribution in [1.82, 2.24) is 20.1 Å². The third-order valence-electron chi connectivity index (χ3n) is 4.23. The predicted octanol–water partition coefficient (Wildman–Crippen LogP) is 2.25. The number of rotatable bonds is 5. The Kier molecular flexibility index (Phi) is 4.06. The first kappa shape index (κ1) is 15.9. The third-order valence-corrected chi connectivity index (χ3v) is 5.22. The number of nitrogens with one attached hydrogen (secondary N) is 1. The van der Waals surface area contributed by atoms with Crippen LogP contribution >= 0.6 is 11.3 Å². The average Bonchev–Trinajstić information content (AvgIpc) is 3.19. The van der Waals surface area contributed by atoms with Crippen LogP contribution in [0, 0.1) is 26.7 Å². The summed E-state index contributed by atoms with van der Waals surface area (Å²) in [6.07, 6.45) is 3.92. The molecule has 0 unspecified atom stereocenters. The highest BCUT2D eigenvalue weighted by Crippen LogP contribution is 2.42.